The summed E-state index contributed by atoms with van der Waals surface area (Å²) in [5.74, 6) is 0. The SMILES string of the molecule is CC.CC.CC.Cc1nc2cccnn2c1C. The van der Waals surface area contributed by atoms with Gasteiger partial charge in [0.15, 0.2) is 5.65 Å². The summed E-state index contributed by atoms with van der Waals surface area (Å²) in [6, 6.07) is 3.84. The standard InChI is InChI=1S/C8H9N3.3C2H6/c1-6-7(2)11-8(10-6)4-3-5-9-11;3*1-2/h3-5H,1-2H3;3*1-2H3. The lowest BCUT2D eigenvalue weighted by Crippen LogP contribution is -1.91. The molecule has 0 spiro atoms. The molecule has 2 aromatic rings. The molecular weight excluding hydrogens is 210 g/mol. The van der Waals surface area contributed by atoms with E-state index in [0.717, 1.165) is 17.0 Å². The van der Waals surface area contributed by atoms with E-state index in [1.165, 1.54) is 0 Å². The average Bonchev–Trinajstić information content (AvgIpc) is 2.73. The van der Waals surface area contributed by atoms with Gasteiger partial charge in [-0.3, -0.25) is 0 Å². The Morgan fingerprint density at radius 2 is 1.47 bits per heavy atom. The van der Waals surface area contributed by atoms with Gasteiger partial charge in [0, 0.05) is 6.20 Å². The molecular formula is C14H27N3. The quantitative estimate of drug-likeness (QED) is 0.678. The average molecular weight is 237 g/mol. The zero-order valence-corrected chi connectivity index (χ0v) is 12.6. The summed E-state index contributed by atoms with van der Waals surface area (Å²) in [6.45, 7) is 16.0. The van der Waals surface area contributed by atoms with Crippen LogP contribution in [-0.2, 0) is 0 Å². The van der Waals surface area contributed by atoms with Crippen molar-refractivity contribution in [3.05, 3.63) is 29.7 Å². The van der Waals surface area contributed by atoms with Crippen molar-refractivity contribution in [2.45, 2.75) is 55.4 Å². The lowest BCUT2D eigenvalue weighted by atomic mass is 10.4. The molecule has 0 aliphatic carbocycles. The monoisotopic (exact) mass is 237 g/mol. The first-order valence-corrected chi connectivity index (χ1v) is 6.56. The van der Waals surface area contributed by atoms with Crippen molar-refractivity contribution >= 4 is 5.65 Å². The zero-order chi connectivity index (χ0) is 13.8. The van der Waals surface area contributed by atoms with Gasteiger partial charge in [-0.2, -0.15) is 5.10 Å². The van der Waals surface area contributed by atoms with Crippen LogP contribution in [0.1, 0.15) is 52.9 Å². The molecule has 0 fully saturated rings. The molecule has 0 bridgehead atoms. The van der Waals surface area contributed by atoms with Gasteiger partial charge in [-0.05, 0) is 26.0 Å². The van der Waals surface area contributed by atoms with Gasteiger partial charge >= 0.3 is 0 Å². The number of rotatable bonds is 0. The number of aromatic nitrogens is 3. The first-order valence-electron chi connectivity index (χ1n) is 6.56. The molecule has 0 aromatic carbocycles. The molecule has 0 amide bonds. The van der Waals surface area contributed by atoms with Crippen LogP contribution in [0.5, 0.6) is 0 Å². The third kappa shape index (κ3) is 4.98. The predicted octanol–water partition coefficient (Wildman–Crippen LogP) is 4.42. The largest absolute Gasteiger partial charge is 0.232 e. The number of fused-ring (bicyclic) bond motifs is 1. The van der Waals surface area contributed by atoms with Gasteiger partial charge in [-0.15, -0.1) is 0 Å². The third-order valence-corrected chi connectivity index (χ3v) is 1.85. The van der Waals surface area contributed by atoms with Crippen molar-refractivity contribution in [1.82, 2.24) is 14.6 Å². The second-order valence-electron chi connectivity index (χ2n) is 2.58. The van der Waals surface area contributed by atoms with Crippen LogP contribution < -0.4 is 0 Å². The molecule has 17 heavy (non-hydrogen) atoms. The number of hydrogen-bond donors (Lipinski definition) is 0. The van der Waals surface area contributed by atoms with Crippen molar-refractivity contribution in [3.63, 3.8) is 0 Å². The Kier molecular flexibility index (Phi) is 11.8. The summed E-state index contributed by atoms with van der Waals surface area (Å²) in [7, 11) is 0. The van der Waals surface area contributed by atoms with Crippen LogP contribution in [0.4, 0.5) is 0 Å². The van der Waals surface area contributed by atoms with E-state index in [2.05, 4.69) is 10.1 Å². The first-order chi connectivity index (χ1) is 8.29. The Morgan fingerprint density at radius 3 is 1.94 bits per heavy atom. The van der Waals surface area contributed by atoms with Gasteiger partial charge in [-0.25, -0.2) is 9.50 Å². The van der Waals surface area contributed by atoms with E-state index in [9.17, 15) is 0 Å². The van der Waals surface area contributed by atoms with Crippen molar-refractivity contribution in [2.24, 2.45) is 0 Å². The van der Waals surface area contributed by atoms with E-state index in [1.807, 2.05) is 72.0 Å². The molecule has 0 aliphatic heterocycles. The minimum Gasteiger partial charge on any atom is -0.232 e. The Balaban J connectivity index is 0. The predicted molar refractivity (Wildman–Crippen MR) is 76.5 cm³/mol. The van der Waals surface area contributed by atoms with Crippen molar-refractivity contribution in [3.8, 4) is 0 Å². The Morgan fingerprint density at radius 1 is 0.941 bits per heavy atom. The molecule has 0 aliphatic rings. The summed E-state index contributed by atoms with van der Waals surface area (Å²) in [4.78, 5) is 4.31. The highest BCUT2D eigenvalue weighted by molar-refractivity contribution is 5.40. The number of hydrogen-bond acceptors (Lipinski definition) is 2. The van der Waals surface area contributed by atoms with E-state index in [0.29, 0.717) is 0 Å². The van der Waals surface area contributed by atoms with E-state index in [4.69, 9.17) is 0 Å². The highest BCUT2D eigenvalue weighted by Crippen LogP contribution is 2.07. The Labute approximate surface area is 106 Å². The summed E-state index contributed by atoms with van der Waals surface area (Å²) in [5.41, 5.74) is 3.08. The van der Waals surface area contributed by atoms with Gasteiger partial charge in [-0.1, -0.05) is 41.5 Å². The van der Waals surface area contributed by atoms with E-state index in [-0.39, 0.29) is 0 Å². The lowest BCUT2D eigenvalue weighted by Gasteiger charge is -1.91. The van der Waals surface area contributed by atoms with Crippen molar-refractivity contribution in [1.29, 1.82) is 0 Å². The van der Waals surface area contributed by atoms with E-state index >= 15 is 0 Å². The van der Waals surface area contributed by atoms with Crippen LogP contribution in [0.3, 0.4) is 0 Å². The molecule has 98 valence electrons. The molecule has 3 heteroatoms. The second-order valence-corrected chi connectivity index (χ2v) is 2.58. The summed E-state index contributed by atoms with van der Waals surface area (Å²) >= 11 is 0. The minimum atomic E-state index is 0.919. The molecule has 2 aromatic heterocycles. The number of aryl methyl sites for hydroxylation is 2. The maximum atomic E-state index is 4.31. The van der Waals surface area contributed by atoms with Crippen LogP contribution in [0.25, 0.3) is 5.65 Å². The van der Waals surface area contributed by atoms with Gasteiger partial charge < -0.3 is 0 Å². The van der Waals surface area contributed by atoms with Gasteiger partial charge in [0.2, 0.25) is 0 Å². The highest BCUT2D eigenvalue weighted by atomic mass is 15.3. The number of nitrogens with zero attached hydrogens (tertiary/aromatic N) is 3. The van der Waals surface area contributed by atoms with Crippen LogP contribution >= 0.6 is 0 Å². The zero-order valence-electron chi connectivity index (χ0n) is 12.6. The van der Waals surface area contributed by atoms with Gasteiger partial charge in [0.05, 0.1) is 11.4 Å². The van der Waals surface area contributed by atoms with Gasteiger partial charge in [0.1, 0.15) is 0 Å². The maximum Gasteiger partial charge on any atom is 0.154 e. The van der Waals surface area contributed by atoms with Crippen molar-refractivity contribution < 1.29 is 0 Å². The Bertz CT molecular complexity index is 391. The highest BCUT2D eigenvalue weighted by Gasteiger charge is 2.01. The van der Waals surface area contributed by atoms with Crippen LogP contribution in [0, 0.1) is 13.8 Å². The molecule has 0 atom stereocenters. The first kappa shape index (κ1) is 18.0. The van der Waals surface area contributed by atoms with Crippen LogP contribution in [0.15, 0.2) is 18.3 Å². The minimum absolute atomic E-state index is 0.919. The fourth-order valence-electron chi connectivity index (χ4n) is 1.11. The third-order valence-electron chi connectivity index (χ3n) is 1.85. The van der Waals surface area contributed by atoms with Gasteiger partial charge in [0.25, 0.3) is 0 Å². The fraction of sp³-hybridized carbons (Fsp3) is 0.571. The van der Waals surface area contributed by atoms with E-state index in [1.54, 1.807) is 6.20 Å². The second kappa shape index (κ2) is 11.1. The molecule has 2 heterocycles. The molecule has 2 rings (SSSR count). The summed E-state index contributed by atoms with van der Waals surface area (Å²) in [6.07, 6.45) is 1.76. The summed E-state index contributed by atoms with van der Waals surface area (Å²) in [5, 5.41) is 4.16. The molecule has 3 nitrogen and oxygen atoms in total. The van der Waals surface area contributed by atoms with Crippen molar-refractivity contribution in [2.75, 3.05) is 0 Å². The molecule has 0 unspecified atom stereocenters. The van der Waals surface area contributed by atoms with E-state index < -0.39 is 0 Å². The summed E-state index contributed by atoms with van der Waals surface area (Å²) < 4.78 is 1.84. The van der Waals surface area contributed by atoms with Crippen LogP contribution in [-0.4, -0.2) is 14.6 Å². The smallest absolute Gasteiger partial charge is 0.154 e. The maximum absolute atomic E-state index is 4.31. The van der Waals surface area contributed by atoms with Crippen LogP contribution in [0.2, 0.25) is 0 Å². The normalized spacial score (nSPS) is 8.00. The molecule has 0 N–H and O–H groups in total. The topological polar surface area (TPSA) is 30.2 Å². The molecule has 0 saturated heterocycles. The fourth-order valence-corrected chi connectivity index (χ4v) is 1.11. The lowest BCUT2D eigenvalue weighted by molar-refractivity contribution is 0.895. The Hall–Kier alpha value is -1.38. The molecule has 0 radical (unpaired) electrons. The number of imidazole rings is 1. The molecule has 0 saturated carbocycles.